The van der Waals surface area contributed by atoms with Gasteiger partial charge in [-0.15, -0.1) is 24.2 Å². The Balaban J connectivity index is 0.00000225. The molecule has 3 nitrogen and oxygen atoms in total. The zero-order chi connectivity index (χ0) is 16.9. The van der Waals surface area contributed by atoms with E-state index in [-0.39, 0.29) is 35.4 Å². The summed E-state index contributed by atoms with van der Waals surface area (Å²) in [5.74, 6) is -0.172. The molecule has 1 heterocycles. The van der Waals surface area contributed by atoms with Crippen LogP contribution in [0.4, 0.5) is 4.39 Å². The summed E-state index contributed by atoms with van der Waals surface area (Å²) >= 11 is 1.46. The molecule has 1 amide bonds. The van der Waals surface area contributed by atoms with Crippen molar-refractivity contribution in [2.45, 2.75) is 29.0 Å². The molecule has 1 saturated heterocycles. The molecule has 1 aliphatic heterocycles. The summed E-state index contributed by atoms with van der Waals surface area (Å²) in [5.41, 5.74) is 6.91. The predicted octanol–water partition coefficient (Wildman–Crippen LogP) is 4.03. The number of thioether (sulfide) groups is 1. The highest BCUT2D eigenvalue weighted by Gasteiger charge is 2.29. The van der Waals surface area contributed by atoms with Crippen LogP contribution >= 0.6 is 24.2 Å². The lowest BCUT2D eigenvalue weighted by Gasteiger charge is -2.33. The highest BCUT2D eigenvalue weighted by molar-refractivity contribution is 8.00. The molecule has 2 N–H and O–H groups in total. The molecule has 1 unspecified atom stereocenters. The minimum Gasteiger partial charge on any atom is -0.341 e. The first kappa shape index (κ1) is 19.8. The molecule has 0 bridgehead atoms. The Labute approximate surface area is 158 Å². The van der Waals surface area contributed by atoms with E-state index in [1.54, 1.807) is 12.1 Å². The quantitative estimate of drug-likeness (QED) is 0.814. The summed E-state index contributed by atoms with van der Waals surface area (Å²) in [6.07, 6.45) is 1.68. The molecule has 134 valence electrons. The van der Waals surface area contributed by atoms with E-state index in [0.717, 1.165) is 23.3 Å². The van der Waals surface area contributed by atoms with Gasteiger partial charge in [-0.2, -0.15) is 0 Å². The van der Waals surface area contributed by atoms with E-state index in [2.05, 4.69) is 0 Å². The van der Waals surface area contributed by atoms with Gasteiger partial charge in [-0.25, -0.2) is 4.39 Å². The van der Waals surface area contributed by atoms with Gasteiger partial charge in [0.25, 0.3) is 0 Å². The molecule has 25 heavy (non-hydrogen) atoms. The lowest BCUT2D eigenvalue weighted by Crippen LogP contribution is -2.44. The topological polar surface area (TPSA) is 46.3 Å². The fourth-order valence-corrected chi connectivity index (χ4v) is 3.93. The van der Waals surface area contributed by atoms with Crippen molar-refractivity contribution >= 4 is 30.1 Å². The monoisotopic (exact) mass is 380 g/mol. The molecule has 1 atom stereocenters. The minimum atomic E-state index is -0.328. The summed E-state index contributed by atoms with van der Waals surface area (Å²) < 4.78 is 13.1. The first-order chi connectivity index (χ1) is 11.6. The SMILES string of the molecule is Cl.NC1CCN(C(=O)C(Sc2ccc(F)cc2)c2ccccc2)CC1. The number of carbonyl (C=O) groups excluding carboxylic acids is 1. The number of nitrogens with zero attached hydrogens (tertiary/aromatic N) is 1. The second-order valence-electron chi connectivity index (χ2n) is 6.03. The van der Waals surface area contributed by atoms with E-state index < -0.39 is 0 Å². The number of piperidine rings is 1. The maximum Gasteiger partial charge on any atom is 0.240 e. The summed E-state index contributed by atoms with van der Waals surface area (Å²) in [4.78, 5) is 15.8. The van der Waals surface area contributed by atoms with Gasteiger partial charge < -0.3 is 10.6 Å². The van der Waals surface area contributed by atoms with Crippen molar-refractivity contribution in [2.75, 3.05) is 13.1 Å². The Morgan fingerprint density at radius 2 is 1.68 bits per heavy atom. The molecule has 1 aliphatic rings. The van der Waals surface area contributed by atoms with Gasteiger partial charge in [-0.05, 0) is 42.7 Å². The summed E-state index contributed by atoms with van der Waals surface area (Å²) in [6, 6.07) is 16.2. The van der Waals surface area contributed by atoms with Crippen LogP contribution in [0.1, 0.15) is 23.7 Å². The van der Waals surface area contributed by atoms with E-state index in [1.807, 2.05) is 35.2 Å². The number of halogens is 2. The minimum absolute atomic E-state index is 0. The van der Waals surface area contributed by atoms with E-state index in [4.69, 9.17) is 5.73 Å². The average molecular weight is 381 g/mol. The Bertz CT molecular complexity index is 676. The zero-order valence-corrected chi connectivity index (χ0v) is 15.4. The third-order valence-electron chi connectivity index (χ3n) is 4.25. The van der Waals surface area contributed by atoms with Crippen molar-refractivity contribution in [2.24, 2.45) is 5.73 Å². The van der Waals surface area contributed by atoms with Crippen molar-refractivity contribution in [3.05, 3.63) is 66.0 Å². The molecule has 0 spiro atoms. The van der Waals surface area contributed by atoms with Gasteiger partial charge >= 0.3 is 0 Å². The van der Waals surface area contributed by atoms with Gasteiger partial charge in [0.2, 0.25) is 5.91 Å². The number of carbonyl (C=O) groups is 1. The second-order valence-corrected chi connectivity index (χ2v) is 7.20. The standard InChI is InChI=1S/C19H21FN2OS.ClH/c20-15-6-8-17(9-7-15)24-18(14-4-2-1-3-5-14)19(23)22-12-10-16(21)11-13-22;/h1-9,16,18H,10-13,21H2;1H. The average Bonchev–Trinajstić information content (AvgIpc) is 2.62. The van der Waals surface area contributed by atoms with Crippen LogP contribution in [0.5, 0.6) is 0 Å². The van der Waals surface area contributed by atoms with E-state index in [9.17, 15) is 9.18 Å². The molecule has 0 aliphatic carbocycles. The maximum atomic E-state index is 13.1. The van der Waals surface area contributed by atoms with Gasteiger partial charge in [-0.3, -0.25) is 4.79 Å². The van der Waals surface area contributed by atoms with Crippen molar-refractivity contribution in [3.8, 4) is 0 Å². The van der Waals surface area contributed by atoms with Gasteiger partial charge in [0.15, 0.2) is 0 Å². The lowest BCUT2D eigenvalue weighted by molar-refractivity contribution is -0.131. The number of rotatable bonds is 4. The van der Waals surface area contributed by atoms with Crippen molar-refractivity contribution in [1.29, 1.82) is 0 Å². The van der Waals surface area contributed by atoms with Crippen molar-refractivity contribution < 1.29 is 9.18 Å². The van der Waals surface area contributed by atoms with Gasteiger partial charge in [0.1, 0.15) is 11.1 Å². The third-order valence-corrected chi connectivity index (χ3v) is 5.50. The third kappa shape index (κ3) is 5.21. The van der Waals surface area contributed by atoms with Crippen molar-refractivity contribution in [1.82, 2.24) is 4.90 Å². The molecule has 2 aromatic rings. The normalized spacial score (nSPS) is 16.2. The number of nitrogens with two attached hydrogens (primary N) is 1. The van der Waals surface area contributed by atoms with Gasteiger partial charge in [0, 0.05) is 24.0 Å². The van der Waals surface area contributed by atoms with Crippen LogP contribution in [0.2, 0.25) is 0 Å². The number of hydrogen-bond acceptors (Lipinski definition) is 3. The molecule has 2 aromatic carbocycles. The lowest BCUT2D eigenvalue weighted by atomic mass is 10.0. The summed E-state index contributed by atoms with van der Waals surface area (Å²) in [5, 5.41) is -0.328. The van der Waals surface area contributed by atoms with Crippen LogP contribution in [0.15, 0.2) is 59.5 Å². The van der Waals surface area contributed by atoms with Gasteiger partial charge in [0.05, 0.1) is 0 Å². The molecule has 3 rings (SSSR count). The van der Waals surface area contributed by atoms with Crippen LogP contribution in [0, 0.1) is 5.82 Å². The highest BCUT2D eigenvalue weighted by atomic mass is 35.5. The van der Waals surface area contributed by atoms with Crippen molar-refractivity contribution in [3.63, 3.8) is 0 Å². The predicted molar refractivity (Wildman–Crippen MR) is 102 cm³/mol. The fourth-order valence-electron chi connectivity index (χ4n) is 2.82. The molecular formula is C19H22ClFN2OS. The van der Waals surface area contributed by atoms with Crippen LogP contribution < -0.4 is 5.73 Å². The second kappa shape index (κ2) is 9.22. The van der Waals surface area contributed by atoms with E-state index in [1.165, 1.54) is 23.9 Å². The Hall–Kier alpha value is -1.56. The van der Waals surface area contributed by atoms with Gasteiger partial charge in [-0.1, -0.05) is 30.3 Å². The molecule has 0 saturated carbocycles. The maximum absolute atomic E-state index is 13.1. The smallest absolute Gasteiger partial charge is 0.240 e. The van der Waals surface area contributed by atoms with Crippen LogP contribution in [0.3, 0.4) is 0 Å². The fraction of sp³-hybridized carbons (Fsp3) is 0.316. The van der Waals surface area contributed by atoms with E-state index >= 15 is 0 Å². The van der Waals surface area contributed by atoms with Crippen LogP contribution in [0.25, 0.3) is 0 Å². The molecule has 1 fully saturated rings. The number of hydrogen-bond donors (Lipinski definition) is 1. The first-order valence-corrected chi connectivity index (χ1v) is 9.03. The number of amides is 1. The summed E-state index contributed by atoms with van der Waals surface area (Å²) in [7, 11) is 0. The number of likely N-dealkylation sites (tertiary alicyclic amines) is 1. The largest absolute Gasteiger partial charge is 0.341 e. The molecule has 6 heteroatoms. The van der Waals surface area contributed by atoms with E-state index in [0.29, 0.717) is 13.1 Å². The highest BCUT2D eigenvalue weighted by Crippen LogP contribution is 2.37. The van der Waals surface area contributed by atoms with Crippen LogP contribution in [-0.4, -0.2) is 29.9 Å². The summed E-state index contributed by atoms with van der Waals surface area (Å²) in [6.45, 7) is 1.40. The zero-order valence-electron chi connectivity index (χ0n) is 13.8. The Morgan fingerprint density at radius 1 is 1.08 bits per heavy atom. The molecule has 0 radical (unpaired) electrons. The molecular weight excluding hydrogens is 359 g/mol. The first-order valence-electron chi connectivity index (χ1n) is 8.15. The Morgan fingerprint density at radius 3 is 2.28 bits per heavy atom. The van der Waals surface area contributed by atoms with Crippen LogP contribution in [-0.2, 0) is 4.79 Å². The molecule has 0 aromatic heterocycles. The Kier molecular flexibility index (Phi) is 7.29. The number of benzene rings is 2.